The number of carbonyl (C=O) groups is 2. The van der Waals surface area contributed by atoms with Gasteiger partial charge >= 0.3 is 11.7 Å². The van der Waals surface area contributed by atoms with E-state index in [4.69, 9.17) is 9.47 Å². The second-order valence-electron chi connectivity index (χ2n) is 7.07. The molecule has 0 aliphatic heterocycles. The molecular formula is C22H24N2O6. The molecule has 3 rings (SSSR count). The molecule has 2 aromatic rings. The summed E-state index contributed by atoms with van der Waals surface area (Å²) in [5.74, 6) is -1.15. The van der Waals surface area contributed by atoms with Crippen molar-refractivity contribution in [3.8, 4) is 5.75 Å². The van der Waals surface area contributed by atoms with Crippen molar-refractivity contribution < 1.29 is 24.0 Å². The van der Waals surface area contributed by atoms with Gasteiger partial charge in [-0.3, -0.25) is 14.9 Å². The average molecular weight is 412 g/mol. The van der Waals surface area contributed by atoms with Gasteiger partial charge in [-0.25, -0.2) is 4.79 Å². The summed E-state index contributed by atoms with van der Waals surface area (Å²) in [5, 5.41) is 14.2. The van der Waals surface area contributed by atoms with E-state index in [2.05, 4.69) is 11.4 Å². The monoisotopic (exact) mass is 412 g/mol. The maximum Gasteiger partial charge on any atom is 0.339 e. The molecule has 0 saturated heterocycles. The van der Waals surface area contributed by atoms with E-state index in [1.165, 1.54) is 24.6 Å². The molecule has 1 amide bonds. The van der Waals surface area contributed by atoms with Crippen molar-refractivity contribution in [2.24, 2.45) is 0 Å². The zero-order chi connectivity index (χ0) is 21.7. The first-order valence-corrected chi connectivity index (χ1v) is 9.91. The first-order chi connectivity index (χ1) is 14.4. The number of ether oxygens (including phenoxy) is 2. The number of amides is 1. The van der Waals surface area contributed by atoms with E-state index in [-0.39, 0.29) is 29.6 Å². The second-order valence-corrected chi connectivity index (χ2v) is 7.07. The van der Waals surface area contributed by atoms with E-state index in [1.807, 2.05) is 18.2 Å². The summed E-state index contributed by atoms with van der Waals surface area (Å²) in [6, 6.07) is 11.6. The van der Waals surface area contributed by atoms with Gasteiger partial charge in [0.2, 0.25) is 0 Å². The van der Waals surface area contributed by atoms with Gasteiger partial charge in [0.05, 0.1) is 23.1 Å². The van der Waals surface area contributed by atoms with Crippen molar-refractivity contribution in [3.05, 3.63) is 69.3 Å². The minimum Gasteiger partial charge on any atom is -0.487 e. The highest BCUT2D eigenvalue weighted by Crippen LogP contribution is 2.30. The van der Waals surface area contributed by atoms with Crippen LogP contribution in [0, 0.1) is 10.1 Å². The molecule has 0 bridgehead atoms. The van der Waals surface area contributed by atoms with Crippen LogP contribution in [0.25, 0.3) is 0 Å². The topological polar surface area (TPSA) is 108 Å². The quantitative estimate of drug-likeness (QED) is 0.422. The lowest BCUT2D eigenvalue weighted by Crippen LogP contribution is -2.39. The molecule has 0 heterocycles. The zero-order valence-electron chi connectivity index (χ0n) is 16.9. The maximum atomic E-state index is 12.6. The van der Waals surface area contributed by atoms with Crippen LogP contribution < -0.4 is 10.1 Å². The largest absolute Gasteiger partial charge is 0.487 e. The van der Waals surface area contributed by atoms with Gasteiger partial charge in [0.15, 0.2) is 11.9 Å². The van der Waals surface area contributed by atoms with E-state index < -0.39 is 22.9 Å². The van der Waals surface area contributed by atoms with Gasteiger partial charge in [-0.15, -0.1) is 0 Å². The van der Waals surface area contributed by atoms with E-state index in [1.54, 1.807) is 6.92 Å². The highest BCUT2D eigenvalue weighted by molar-refractivity contribution is 5.93. The Hall–Kier alpha value is -3.42. The Morgan fingerprint density at radius 3 is 2.77 bits per heavy atom. The minimum absolute atomic E-state index is 0.0205. The number of hydrogen-bond donors (Lipinski definition) is 1. The van der Waals surface area contributed by atoms with Crippen LogP contribution in [0.4, 0.5) is 5.69 Å². The number of esters is 1. The normalized spacial score (nSPS) is 16.1. The molecule has 0 saturated carbocycles. The summed E-state index contributed by atoms with van der Waals surface area (Å²) in [7, 11) is 0. The van der Waals surface area contributed by atoms with Crippen molar-refractivity contribution in [3.63, 3.8) is 0 Å². The van der Waals surface area contributed by atoms with E-state index in [0.717, 1.165) is 30.9 Å². The number of nitro groups is 1. The van der Waals surface area contributed by atoms with Crippen LogP contribution in [-0.2, 0) is 16.0 Å². The second kappa shape index (κ2) is 9.39. The summed E-state index contributed by atoms with van der Waals surface area (Å²) in [6.45, 7) is 3.44. The number of nitrogens with zero attached hydrogens (tertiary/aromatic N) is 1. The van der Waals surface area contributed by atoms with Crippen LogP contribution in [0.15, 0.2) is 42.5 Å². The molecule has 1 aliphatic rings. The van der Waals surface area contributed by atoms with Gasteiger partial charge in [0.25, 0.3) is 5.91 Å². The Kier molecular flexibility index (Phi) is 6.66. The first kappa shape index (κ1) is 21.3. The predicted molar refractivity (Wildman–Crippen MR) is 109 cm³/mol. The van der Waals surface area contributed by atoms with Crippen LogP contribution in [0.3, 0.4) is 0 Å². The van der Waals surface area contributed by atoms with Crippen molar-refractivity contribution in [1.82, 2.24) is 5.32 Å². The number of carbonyl (C=O) groups excluding carboxylic acids is 2. The van der Waals surface area contributed by atoms with Crippen molar-refractivity contribution in [2.45, 2.75) is 45.3 Å². The lowest BCUT2D eigenvalue weighted by molar-refractivity contribution is -0.385. The van der Waals surface area contributed by atoms with Gasteiger partial charge < -0.3 is 14.8 Å². The molecule has 0 spiro atoms. The van der Waals surface area contributed by atoms with Crippen LogP contribution >= 0.6 is 0 Å². The summed E-state index contributed by atoms with van der Waals surface area (Å²) >= 11 is 0. The summed E-state index contributed by atoms with van der Waals surface area (Å²) in [4.78, 5) is 35.6. The summed E-state index contributed by atoms with van der Waals surface area (Å²) < 4.78 is 10.5. The third-order valence-corrected chi connectivity index (χ3v) is 5.03. The molecule has 8 nitrogen and oxygen atoms in total. The molecule has 8 heteroatoms. The van der Waals surface area contributed by atoms with Crippen LogP contribution in [-0.4, -0.2) is 29.5 Å². The van der Waals surface area contributed by atoms with Gasteiger partial charge in [0.1, 0.15) is 0 Å². The van der Waals surface area contributed by atoms with Crippen LogP contribution in [0.1, 0.15) is 54.2 Å². The molecule has 0 radical (unpaired) electrons. The smallest absolute Gasteiger partial charge is 0.339 e. The number of hydrogen-bond acceptors (Lipinski definition) is 6. The number of nitro benzene ring substituents is 1. The highest BCUT2D eigenvalue weighted by atomic mass is 16.6. The Morgan fingerprint density at radius 1 is 1.27 bits per heavy atom. The average Bonchev–Trinajstić information content (AvgIpc) is 2.74. The zero-order valence-corrected chi connectivity index (χ0v) is 16.9. The summed E-state index contributed by atoms with van der Waals surface area (Å²) in [5.41, 5.74) is 1.94. The molecule has 0 unspecified atom stereocenters. The Labute approximate surface area is 174 Å². The van der Waals surface area contributed by atoms with Crippen LogP contribution in [0.2, 0.25) is 0 Å². The Bertz CT molecular complexity index is 958. The van der Waals surface area contributed by atoms with Crippen LogP contribution in [0.5, 0.6) is 5.75 Å². The Balaban J connectivity index is 1.66. The van der Waals surface area contributed by atoms with E-state index in [9.17, 15) is 19.7 Å². The molecule has 0 fully saturated rings. The number of aryl methyl sites for hydroxylation is 1. The highest BCUT2D eigenvalue weighted by Gasteiger charge is 2.26. The SMILES string of the molecule is CCOc1ccc(C(=O)O[C@H](C)C(=O)N[C@H]2CCCc3ccccc32)cc1[N+](=O)[O-]. The fraction of sp³-hybridized carbons (Fsp3) is 0.364. The lowest BCUT2D eigenvalue weighted by Gasteiger charge is -2.27. The minimum atomic E-state index is -1.04. The van der Waals surface area contributed by atoms with Crippen molar-refractivity contribution in [2.75, 3.05) is 6.61 Å². The molecular weight excluding hydrogens is 388 g/mol. The lowest BCUT2D eigenvalue weighted by atomic mass is 9.87. The van der Waals surface area contributed by atoms with Crippen molar-refractivity contribution in [1.29, 1.82) is 0 Å². The van der Waals surface area contributed by atoms with Gasteiger partial charge in [-0.05, 0) is 56.4 Å². The molecule has 2 aromatic carbocycles. The molecule has 158 valence electrons. The standard InChI is InChI=1S/C22H24N2O6/c1-3-29-20-12-11-16(13-19(20)24(27)28)22(26)30-14(2)21(25)23-18-10-6-8-15-7-4-5-9-17(15)18/h4-5,7,9,11-14,18H,3,6,8,10H2,1-2H3,(H,23,25)/t14-,18+/m1/s1. The predicted octanol–water partition coefficient (Wildman–Crippen LogP) is 3.73. The number of benzene rings is 2. The fourth-order valence-electron chi connectivity index (χ4n) is 3.54. The Morgan fingerprint density at radius 2 is 2.03 bits per heavy atom. The van der Waals surface area contributed by atoms with Gasteiger partial charge in [-0.1, -0.05) is 24.3 Å². The fourth-order valence-corrected chi connectivity index (χ4v) is 3.54. The van der Waals surface area contributed by atoms with Gasteiger partial charge in [0, 0.05) is 6.07 Å². The van der Waals surface area contributed by atoms with Gasteiger partial charge in [-0.2, -0.15) is 0 Å². The number of rotatable bonds is 7. The van der Waals surface area contributed by atoms with E-state index >= 15 is 0 Å². The first-order valence-electron chi connectivity index (χ1n) is 9.91. The van der Waals surface area contributed by atoms with E-state index in [0.29, 0.717) is 0 Å². The summed E-state index contributed by atoms with van der Waals surface area (Å²) in [6.07, 6.45) is 1.71. The number of fused-ring (bicyclic) bond motifs is 1. The number of nitrogens with one attached hydrogen (secondary N) is 1. The molecule has 2 atom stereocenters. The molecule has 1 N–H and O–H groups in total. The molecule has 0 aromatic heterocycles. The maximum absolute atomic E-state index is 12.6. The molecule has 1 aliphatic carbocycles. The molecule has 30 heavy (non-hydrogen) atoms. The van der Waals surface area contributed by atoms with Crippen molar-refractivity contribution >= 4 is 17.6 Å². The third-order valence-electron chi connectivity index (χ3n) is 5.03. The third kappa shape index (κ3) is 4.76.